The van der Waals surface area contributed by atoms with E-state index in [0.29, 0.717) is 24.9 Å². The molecule has 1 aliphatic heterocycles. The van der Waals surface area contributed by atoms with Crippen LogP contribution in [0.4, 0.5) is 5.69 Å². The van der Waals surface area contributed by atoms with Crippen LogP contribution in [0.25, 0.3) is 0 Å². The number of Topliss-reactive ketones (excluding diaryl/α,β-unsaturated/α-hetero) is 1. The Morgan fingerprint density at radius 1 is 1.40 bits per heavy atom. The van der Waals surface area contributed by atoms with Crippen LogP contribution in [0.15, 0.2) is 24.3 Å². The fourth-order valence-electron chi connectivity index (χ4n) is 2.95. The van der Waals surface area contributed by atoms with Gasteiger partial charge in [-0.2, -0.15) is 0 Å². The number of aliphatic hydroxyl groups is 1. The van der Waals surface area contributed by atoms with Crippen LogP contribution >= 0.6 is 0 Å². The number of aliphatic hydroxyl groups excluding tert-OH is 1. The third-order valence-electron chi connectivity index (χ3n) is 4.40. The van der Waals surface area contributed by atoms with E-state index in [1.807, 2.05) is 0 Å². The van der Waals surface area contributed by atoms with Gasteiger partial charge in [0, 0.05) is 29.7 Å². The van der Waals surface area contributed by atoms with E-state index in [2.05, 4.69) is 5.32 Å². The summed E-state index contributed by atoms with van der Waals surface area (Å²) in [4.78, 5) is 22.7. The summed E-state index contributed by atoms with van der Waals surface area (Å²) in [7, 11) is -2.97. The second-order valence-electron chi connectivity index (χ2n) is 6.36. The Kier molecular flexibility index (Phi) is 6.26. The van der Waals surface area contributed by atoms with Crippen LogP contribution in [0.1, 0.15) is 30.1 Å². The lowest BCUT2D eigenvalue weighted by molar-refractivity contribution is -0.384. The molecular weight excluding hydrogens is 348 g/mol. The van der Waals surface area contributed by atoms with Gasteiger partial charge < -0.3 is 10.4 Å². The zero-order chi connectivity index (χ0) is 18.6. The van der Waals surface area contributed by atoms with Gasteiger partial charge in [-0.15, -0.1) is 0 Å². The Morgan fingerprint density at radius 3 is 2.52 bits per heavy atom. The molecule has 1 fully saturated rings. The molecule has 138 valence electrons. The lowest BCUT2D eigenvalue weighted by atomic mass is 9.90. The molecule has 1 aliphatic rings. The van der Waals surface area contributed by atoms with Crippen molar-refractivity contribution < 1.29 is 23.2 Å². The SMILES string of the molecule is C[C@H](O)[C@@H](CCN[C@@H]1CCS(=O)(=O)C1)C(=O)c1ccc([N+](=O)[O-])cc1. The molecule has 0 aliphatic carbocycles. The highest BCUT2D eigenvalue weighted by Gasteiger charge is 2.29. The van der Waals surface area contributed by atoms with Gasteiger partial charge >= 0.3 is 0 Å². The third kappa shape index (κ3) is 5.32. The lowest BCUT2D eigenvalue weighted by Gasteiger charge is -2.20. The number of ketones is 1. The summed E-state index contributed by atoms with van der Waals surface area (Å²) in [5, 5.41) is 23.7. The maximum absolute atomic E-state index is 12.5. The number of benzene rings is 1. The normalized spacial score (nSPS) is 21.6. The summed E-state index contributed by atoms with van der Waals surface area (Å²) in [5.74, 6) is -0.674. The van der Waals surface area contributed by atoms with Gasteiger partial charge in [-0.05, 0) is 38.4 Å². The summed E-state index contributed by atoms with van der Waals surface area (Å²) in [5.41, 5.74) is 0.203. The summed E-state index contributed by atoms with van der Waals surface area (Å²) in [6.45, 7) is 1.93. The lowest BCUT2D eigenvalue weighted by Crippen LogP contribution is -2.35. The minimum absolute atomic E-state index is 0.0998. The molecule has 0 bridgehead atoms. The molecule has 9 heteroatoms. The monoisotopic (exact) mass is 370 g/mol. The number of carbonyl (C=O) groups excluding carboxylic acids is 1. The van der Waals surface area contributed by atoms with Crippen molar-refractivity contribution in [3.63, 3.8) is 0 Å². The molecule has 2 N–H and O–H groups in total. The Hall–Kier alpha value is -1.84. The number of sulfone groups is 1. The number of rotatable bonds is 8. The molecule has 2 rings (SSSR count). The van der Waals surface area contributed by atoms with Gasteiger partial charge in [0.05, 0.1) is 22.5 Å². The van der Waals surface area contributed by atoms with E-state index in [9.17, 15) is 28.4 Å². The maximum atomic E-state index is 12.5. The Labute approximate surface area is 146 Å². The molecule has 1 aromatic rings. The standard InChI is InChI=1S/C16H22N2O6S/c1-11(19)15(6-8-17-13-7-9-25(23,24)10-13)16(20)12-2-4-14(5-3-12)18(21)22/h2-5,11,13,15,17,19H,6-10H2,1H3/t11-,13+,15+/m0/s1. The largest absolute Gasteiger partial charge is 0.393 e. The van der Waals surface area contributed by atoms with Crippen molar-refractivity contribution >= 4 is 21.3 Å². The van der Waals surface area contributed by atoms with E-state index in [1.54, 1.807) is 0 Å². The van der Waals surface area contributed by atoms with E-state index in [-0.39, 0.29) is 29.0 Å². The van der Waals surface area contributed by atoms with Crippen LogP contribution in [0, 0.1) is 16.0 Å². The quantitative estimate of drug-likeness (QED) is 0.396. The van der Waals surface area contributed by atoms with Crippen molar-refractivity contribution in [1.82, 2.24) is 5.32 Å². The molecule has 0 amide bonds. The highest BCUT2D eigenvalue weighted by molar-refractivity contribution is 7.91. The molecule has 25 heavy (non-hydrogen) atoms. The van der Waals surface area contributed by atoms with Crippen molar-refractivity contribution in [2.75, 3.05) is 18.1 Å². The average molecular weight is 370 g/mol. The predicted octanol–water partition coefficient (Wildman–Crippen LogP) is 0.941. The van der Waals surface area contributed by atoms with Crippen LogP contribution in [0.2, 0.25) is 0 Å². The number of carbonyl (C=O) groups is 1. The number of nitrogens with one attached hydrogen (secondary N) is 1. The van der Waals surface area contributed by atoms with Crippen LogP contribution < -0.4 is 5.32 Å². The van der Waals surface area contributed by atoms with E-state index >= 15 is 0 Å². The third-order valence-corrected chi connectivity index (χ3v) is 6.17. The number of nitrogens with zero attached hydrogens (tertiary/aromatic N) is 1. The number of nitro groups is 1. The Morgan fingerprint density at radius 2 is 2.04 bits per heavy atom. The fraction of sp³-hybridized carbons (Fsp3) is 0.562. The minimum Gasteiger partial charge on any atom is -0.393 e. The van der Waals surface area contributed by atoms with Crippen molar-refractivity contribution in [3.05, 3.63) is 39.9 Å². The molecule has 1 aromatic carbocycles. The summed E-state index contributed by atoms with van der Waals surface area (Å²) in [6.07, 6.45) is 0.0268. The average Bonchev–Trinajstić information content (AvgIpc) is 2.89. The summed E-state index contributed by atoms with van der Waals surface area (Å²) >= 11 is 0. The first-order valence-electron chi connectivity index (χ1n) is 8.10. The summed E-state index contributed by atoms with van der Waals surface area (Å²) in [6, 6.07) is 5.16. The van der Waals surface area contributed by atoms with E-state index in [0.717, 1.165) is 0 Å². The zero-order valence-electron chi connectivity index (χ0n) is 13.9. The molecule has 1 heterocycles. The van der Waals surface area contributed by atoms with Crippen LogP contribution in [0.3, 0.4) is 0 Å². The zero-order valence-corrected chi connectivity index (χ0v) is 14.7. The van der Waals surface area contributed by atoms with Gasteiger partial charge in [0.2, 0.25) is 0 Å². The van der Waals surface area contributed by atoms with Gasteiger partial charge in [0.25, 0.3) is 5.69 Å². The topological polar surface area (TPSA) is 127 Å². The number of nitro benzene ring substituents is 1. The second kappa shape index (κ2) is 8.03. The second-order valence-corrected chi connectivity index (χ2v) is 8.59. The first-order valence-corrected chi connectivity index (χ1v) is 9.92. The minimum atomic E-state index is -2.97. The molecule has 8 nitrogen and oxygen atoms in total. The number of hydrogen-bond donors (Lipinski definition) is 2. The molecule has 1 saturated heterocycles. The van der Waals surface area contributed by atoms with Crippen molar-refractivity contribution in [2.45, 2.75) is 31.9 Å². The fourth-order valence-corrected chi connectivity index (χ4v) is 4.66. The molecule has 0 unspecified atom stereocenters. The van der Waals surface area contributed by atoms with E-state index in [1.165, 1.54) is 31.2 Å². The van der Waals surface area contributed by atoms with Crippen LogP contribution in [0.5, 0.6) is 0 Å². The maximum Gasteiger partial charge on any atom is 0.269 e. The van der Waals surface area contributed by atoms with Crippen LogP contribution in [-0.2, 0) is 9.84 Å². The van der Waals surface area contributed by atoms with E-state index < -0.39 is 26.8 Å². The molecule has 0 spiro atoms. The highest BCUT2D eigenvalue weighted by Crippen LogP contribution is 2.20. The van der Waals surface area contributed by atoms with Gasteiger partial charge in [-0.3, -0.25) is 14.9 Å². The number of hydrogen-bond acceptors (Lipinski definition) is 7. The highest BCUT2D eigenvalue weighted by atomic mass is 32.2. The smallest absolute Gasteiger partial charge is 0.269 e. The first kappa shape index (κ1) is 19.5. The van der Waals surface area contributed by atoms with Crippen molar-refractivity contribution in [3.8, 4) is 0 Å². The predicted molar refractivity (Wildman–Crippen MR) is 92.3 cm³/mol. The molecule has 3 atom stereocenters. The Bertz CT molecular complexity index is 729. The van der Waals surface area contributed by atoms with Crippen molar-refractivity contribution in [1.29, 1.82) is 0 Å². The molecule has 0 aromatic heterocycles. The van der Waals surface area contributed by atoms with Crippen LogP contribution in [-0.4, -0.2) is 54.4 Å². The first-order chi connectivity index (χ1) is 11.7. The van der Waals surface area contributed by atoms with E-state index in [4.69, 9.17) is 0 Å². The van der Waals surface area contributed by atoms with Gasteiger partial charge in [0.15, 0.2) is 15.6 Å². The molecule has 0 radical (unpaired) electrons. The van der Waals surface area contributed by atoms with Crippen molar-refractivity contribution in [2.24, 2.45) is 5.92 Å². The number of non-ortho nitro benzene ring substituents is 1. The molecular formula is C16H22N2O6S. The van der Waals surface area contributed by atoms with Gasteiger partial charge in [0.1, 0.15) is 0 Å². The van der Waals surface area contributed by atoms with Gasteiger partial charge in [-0.25, -0.2) is 8.42 Å². The van der Waals surface area contributed by atoms with Gasteiger partial charge in [-0.1, -0.05) is 0 Å². The summed E-state index contributed by atoms with van der Waals surface area (Å²) < 4.78 is 22.9. The Balaban J connectivity index is 1.95. The molecule has 0 saturated carbocycles.